The number of nitrogens with one attached hydrogen (secondary N) is 1. The fourth-order valence-electron chi connectivity index (χ4n) is 2.47. The van der Waals surface area contributed by atoms with Crippen LogP contribution in [0.15, 0.2) is 53.9 Å². The summed E-state index contributed by atoms with van der Waals surface area (Å²) in [6.07, 6.45) is 1.04. The van der Waals surface area contributed by atoms with Crippen molar-refractivity contribution in [1.82, 2.24) is 4.98 Å². The summed E-state index contributed by atoms with van der Waals surface area (Å²) >= 11 is 1.61. The Balaban J connectivity index is 1.55. The fraction of sp³-hybridized carbons (Fsp3) is 0.200. The summed E-state index contributed by atoms with van der Waals surface area (Å²) in [5, 5.41) is 5.91. The van der Waals surface area contributed by atoms with E-state index in [2.05, 4.69) is 35.4 Å². The van der Waals surface area contributed by atoms with Crippen LogP contribution in [0, 0.1) is 6.92 Å². The minimum absolute atomic E-state index is 0.0183. The lowest BCUT2D eigenvalue weighted by Gasteiger charge is -2.05. The lowest BCUT2D eigenvalue weighted by molar-refractivity contribution is -0.116. The molecule has 3 aromatic rings. The number of carbonyl (C=O) groups is 1. The van der Waals surface area contributed by atoms with E-state index >= 15 is 0 Å². The van der Waals surface area contributed by atoms with Crippen LogP contribution >= 0.6 is 11.3 Å². The van der Waals surface area contributed by atoms with Gasteiger partial charge < -0.3 is 10.1 Å². The molecule has 0 radical (unpaired) electrons. The Hall–Kier alpha value is -2.66. The molecule has 0 unspecified atom stereocenters. The van der Waals surface area contributed by atoms with Crippen molar-refractivity contribution in [3.8, 4) is 16.3 Å². The highest BCUT2D eigenvalue weighted by Gasteiger charge is 2.08. The van der Waals surface area contributed by atoms with Crippen molar-refractivity contribution in [3.63, 3.8) is 0 Å². The Morgan fingerprint density at radius 3 is 2.72 bits per heavy atom. The van der Waals surface area contributed by atoms with Crippen molar-refractivity contribution in [1.29, 1.82) is 0 Å². The first-order valence-electron chi connectivity index (χ1n) is 8.09. The lowest BCUT2D eigenvalue weighted by atomic mass is 10.1. The van der Waals surface area contributed by atoms with Crippen molar-refractivity contribution >= 4 is 22.9 Å². The summed E-state index contributed by atoms with van der Waals surface area (Å²) in [6, 6.07) is 15.6. The molecular weight excluding hydrogens is 332 g/mol. The molecule has 0 bridgehead atoms. The maximum absolute atomic E-state index is 12.1. The van der Waals surface area contributed by atoms with Crippen LogP contribution in [0.1, 0.15) is 17.7 Å². The second-order valence-electron chi connectivity index (χ2n) is 5.79. The molecule has 0 atom stereocenters. The smallest absolute Gasteiger partial charge is 0.224 e. The molecule has 1 N–H and O–H groups in total. The van der Waals surface area contributed by atoms with Gasteiger partial charge in [0.15, 0.2) is 0 Å². The lowest BCUT2D eigenvalue weighted by Crippen LogP contribution is -2.12. The third-order valence-electron chi connectivity index (χ3n) is 3.80. The number of aryl methyl sites for hydroxylation is 2. The van der Waals surface area contributed by atoms with Crippen LogP contribution in [0.3, 0.4) is 0 Å². The first-order valence-corrected chi connectivity index (χ1v) is 8.97. The molecule has 0 aliphatic heterocycles. The number of rotatable bonds is 6. The molecule has 1 amide bonds. The van der Waals surface area contributed by atoms with Crippen LogP contribution in [-0.4, -0.2) is 18.0 Å². The fourth-order valence-corrected chi connectivity index (χ4v) is 3.32. The molecule has 0 spiro atoms. The van der Waals surface area contributed by atoms with Gasteiger partial charge in [-0.05, 0) is 43.7 Å². The number of hydrogen-bond acceptors (Lipinski definition) is 4. The van der Waals surface area contributed by atoms with E-state index < -0.39 is 0 Å². The first kappa shape index (κ1) is 17.2. The third kappa shape index (κ3) is 4.67. The predicted octanol–water partition coefficient (Wildman–Crippen LogP) is 4.70. The van der Waals surface area contributed by atoms with E-state index in [0.29, 0.717) is 12.8 Å². The molecule has 0 fully saturated rings. The van der Waals surface area contributed by atoms with Gasteiger partial charge in [0.05, 0.1) is 12.8 Å². The van der Waals surface area contributed by atoms with Crippen LogP contribution in [0.4, 0.5) is 5.69 Å². The van der Waals surface area contributed by atoms with Gasteiger partial charge in [0, 0.05) is 23.1 Å². The molecule has 1 heterocycles. The van der Waals surface area contributed by atoms with Crippen molar-refractivity contribution < 1.29 is 9.53 Å². The number of hydrogen-bond donors (Lipinski definition) is 1. The zero-order valence-corrected chi connectivity index (χ0v) is 15.1. The number of thiazole rings is 1. The predicted molar refractivity (Wildman–Crippen MR) is 102 cm³/mol. The van der Waals surface area contributed by atoms with E-state index in [1.165, 1.54) is 5.56 Å². The second-order valence-corrected chi connectivity index (χ2v) is 6.65. The molecule has 0 aliphatic rings. The highest BCUT2D eigenvalue weighted by atomic mass is 32.1. The Kier molecular flexibility index (Phi) is 5.46. The molecule has 2 aromatic carbocycles. The number of carbonyl (C=O) groups excluding carboxylic acids is 1. The maximum atomic E-state index is 12.1. The van der Waals surface area contributed by atoms with Gasteiger partial charge in [-0.25, -0.2) is 4.98 Å². The number of anilines is 1. The summed E-state index contributed by atoms with van der Waals surface area (Å²) in [5.74, 6) is 0.749. The molecule has 0 saturated carbocycles. The molecule has 5 heteroatoms. The monoisotopic (exact) mass is 352 g/mol. The molecule has 25 heavy (non-hydrogen) atoms. The third-order valence-corrected chi connectivity index (χ3v) is 4.74. The number of benzene rings is 2. The largest absolute Gasteiger partial charge is 0.497 e. The minimum atomic E-state index is -0.0183. The van der Waals surface area contributed by atoms with Crippen molar-refractivity contribution in [2.75, 3.05) is 12.4 Å². The number of aromatic nitrogens is 1. The van der Waals surface area contributed by atoms with Gasteiger partial charge in [-0.1, -0.05) is 23.8 Å². The highest BCUT2D eigenvalue weighted by molar-refractivity contribution is 7.13. The minimum Gasteiger partial charge on any atom is -0.497 e. The van der Waals surface area contributed by atoms with Crippen molar-refractivity contribution in [2.45, 2.75) is 19.8 Å². The molecule has 4 nitrogen and oxygen atoms in total. The van der Waals surface area contributed by atoms with Crippen molar-refractivity contribution in [3.05, 3.63) is 65.2 Å². The van der Waals surface area contributed by atoms with Gasteiger partial charge in [0.1, 0.15) is 10.8 Å². The molecule has 3 rings (SSSR count). The number of methoxy groups -OCH3 is 1. The average molecular weight is 352 g/mol. The zero-order valence-electron chi connectivity index (χ0n) is 14.3. The number of ether oxygens (including phenoxy) is 1. The molecule has 0 aliphatic carbocycles. The van der Waals surface area contributed by atoms with E-state index in [1.807, 2.05) is 35.7 Å². The van der Waals surface area contributed by atoms with Gasteiger partial charge in [-0.3, -0.25) is 4.79 Å². The topological polar surface area (TPSA) is 51.2 Å². The number of amides is 1. The van der Waals surface area contributed by atoms with E-state index in [9.17, 15) is 4.79 Å². The Bertz CT molecular complexity index is 856. The van der Waals surface area contributed by atoms with Gasteiger partial charge >= 0.3 is 0 Å². The van der Waals surface area contributed by atoms with Gasteiger partial charge in [0.25, 0.3) is 0 Å². The van der Waals surface area contributed by atoms with Crippen LogP contribution in [0.5, 0.6) is 5.75 Å². The quantitative estimate of drug-likeness (QED) is 0.700. The Morgan fingerprint density at radius 2 is 2.00 bits per heavy atom. The van der Waals surface area contributed by atoms with Crippen LogP contribution in [0.25, 0.3) is 10.6 Å². The van der Waals surface area contributed by atoms with Crippen LogP contribution < -0.4 is 10.1 Å². The molecule has 0 saturated heterocycles. The average Bonchev–Trinajstić information content (AvgIpc) is 3.10. The normalized spacial score (nSPS) is 10.5. The van der Waals surface area contributed by atoms with E-state index in [0.717, 1.165) is 27.7 Å². The van der Waals surface area contributed by atoms with E-state index in [1.54, 1.807) is 18.4 Å². The highest BCUT2D eigenvalue weighted by Crippen LogP contribution is 2.25. The van der Waals surface area contributed by atoms with Gasteiger partial charge in [-0.2, -0.15) is 0 Å². The SMILES string of the molecule is COc1ccc(NC(=O)CCc2csc(-c3cccc(C)c3)n2)cc1. The van der Waals surface area contributed by atoms with E-state index in [4.69, 9.17) is 4.74 Å². The maximum Gasteiger partial charge on any atom is 0.224 e. The summed E-state index contributed by atoms with van der Waals surface area (Å²) in [4.78, 5) is 16.7. The van der Waals surface area contributed by atoms with Crippen LogP contribution in [-0.2, 0) is 11.2 Å². The zero-order chi connectivity index (χ0) is 17.6. The van der Waals surface area contributed by atoms with E-state index in [-0.39, 0.29) is 5.91 Å². The van der Waals surface area contributed by atoms with Crippen molar-refractivity contribution in [2.24, 2.45) is 0 Å². The first-order chi connectivity index (χ1) is 12.1. The van der Waals surface area contributed by atoms with Crippen LogP contribution in [0.2, 0.25) is 0 Å². The van der Waals surface area contributed by atoms with Gasteiger partial charge in [0.2, 0.25) is 5.91 Å². The summed E-state index contributed by atoms with van der Waals surface area (Å²) < 4.78 is 5.11. The summed E-state index contributed by atoms with van der Waals surface area (Å²) in [5.41, 5.74) is 4.06. The molecule has 1 aromatic heterocycles. The number of nitrogens with zero attached hydrogens (tertiary/aromatic N) is 1. The van der Waals surface area contributed by atoms with Gasteiger partial charge in [-0.15, -0.1) is 11.3 Å². The second kappa shape index (κ2) is 7.94. The molecule has 128 valence electrons. The summed E-state index contributed by atoms with van der Waals surface area (Å²) in [6.45, 7) is 2.07. The standard InChI is InChI=1S/C20H20N2O2S/c1-14-4-3-5-15(12-14)20-22-17(13-25-20)8-11-19(23)21-16-6-9-18(24-2)10-7-16/h3-7,9-10,12-13H,8,11H2,1-2H3,(H,21,23). The Morgan fingerprint density at radius 1 is 1.20 bits per heavy atom. The Labute approximate surface area is 151 Å². The summed E-state index contributed by atoms with van der Waals surface area (Å²) in [7, 11) is 1.62. The molecular formula is C20H20N2O2S.